The van der Waals surface area contributed by atoms with Crippen LogP contribution in [0.1, 0.15) is 38.1 Å². The SMILES string of the molecule is CCn1c(=O)c2[nH]c(/C=C/c3ccc(OC4CCOCC4)cc3)nc2n(CC)c1=O. The van der Waals surface area contributed by atoms with Crippen molar-refractivity contribution in [2.45, 2.75) is 45.9 Å². The number of nitrogens with zero attached hydrogens (tertiary/aromatic N) is 3. The van der Waals surface area contributed by atoms with Crippen LogP contribution in [0.3, 0.4) is 0 Å². The van der Waals surface area contributed by atoms with Crippen molar-refractivity contribution in [1.82, 2.24) is 19.1 Å². The van der Waals surface area contributed by atoms with Crippen molar-refractivity contribution >= 4 is 23.3 Å². The molecule has 4 rings (SSSR count). The monoisotopic (exact) mass is 410 g/mol. The third-order valence-corrected chi connectivity index (χ3v) is 5.30. The third kappa shape index (κ3) is 3.95. The van der Waals surface area contributed by atoms with Gasteiger partial charge in [-0.2, -0.15) is 0 Å². The minimum Gasteiger partial charge on any atom is -0.490 e. The van der Waals surface area contributed by atoms with E-state index < -0.39 is 0 Å². The number of fused-ring (bicyclic) bond motifs is 1. The van der Waals surface area contributed by atoms with Gasteiger partial charge in [-0.3, -0.25) is 13.9 Å². The Morgan fingerprint density at radius 2 is 1.80 bits per heavy atom. The van der Waals surface area contributed by atoms with Crippen LogP contribution in [0.15, 0.2) is 33.9 Å². The fourth-order valence-electron chi connectivity index (χ4n) is 3.65. The quantitative estimate of drug-likeness (QED) is 0.675. The first-order chi connectivity index (χ1) is 14.6. The zero-order chi connectivity index (χ0) is 21.1. The number of hydrogen-bond donors (Lipinski definition) is 1. The Labute approximate surface area is 173 Å². The van der Waals surface area contributed by atoms with Crippen LogP contribution in [-0.4, -0.2) is 38.4 Å². The van der Waals surface area contributed by atoms with Gasteiger partial charge in [-0.05, 0) is 37.6 Å². The molecule has 0 radical (unpaired) electrons. The van der Waals surface area contributed by atoms with E-state index in [2.05, 4.69) is 9.97 Å². The lowest BCUT2D eigenvalue weighted by Gasteiger charge is -2.23. The molecule has 1 aliphatic rings. The van der Waals surface area contributed by atoms with Crippen LogP contribution < -0.4 is 16.0 Å². The van der Waals surface area contributed by atoms with Crippen molar-refractivity contribution in [1.29, 1.82) is 0 Å². The highest BCUT2D eigenvalue weighted by atomic mass is 16.5. The van der Waals surface area contributed by atoms with Gasteiger partial charge in [0, 0.05) is 25.9 Å². The van der Waals surface area contributed by atoms with Crippen LogP contribution in [0, 0.1) is 0 Å². The summed E-state index contributed by atoms with van der Waals surface area (Å²) < 4.78 is 14.1. The van der Waals surface area contributed by atoms with Crippen LogP contribution in [0.4, 0.5) is 0 Å². The van der Waals surface area contributed by atoms with Gasteiger partial charge >= 0.3 is 5.69 Å². The number of nitrogens with one attached hydrogen (secondary N) is 1. The highest BCUT2D eigenvalue weighted by Gasteiger charge is 2.16. The van der Waals surface area contributed by atoms with Gasteiger partial charge in [0.05, 0.1) is 13.2 Å². The van der Waals surface area contributed by atoms with E-state index in [9.17, 15) is 9.59 Å². The first-order valence-corrected chi connectivity index (χ1v) is 10.4. The Morgan fingerprint density at radius 1 is 1.10 bits per heavy atom. The molecule has 8 nitrogen and oxygen atoms in total. The number of H-pyrrole nitrogens is 1. The predicted octanol–water partition coefficient (Wildman–Crippen LogP) is 2.65. The summed E-state index contributed by atoms with van der Waals surface area (Å²) in [5.74, 6) is 1.37. The molecule has 0 unspecified atom stereocenters. The molecular formula is C22H26N4O4. The number of imidazole rings is 1. The van der Waals surface area contributed by atoms with Crippen molar-refractivity contribution in [3.05, 3.63) is 56.5 Å². The van der Waals surface area contributed by atoms with E-state index in [1.54, 1.807) is 13.0 Å². The second-order valence-corrected chi connectivity index (χ2v) is 7.23. The van der Waals surface area contributed by atoms with Gasteiger partial charge in [-0.1, -0.05) is 18.2 Å². The average Bonchev–Trinajstić information content (AvgIpc) is 3.19. The van der Waals surface area contributed by atoms with Crippen LogP contribution in [-0.2, 0) is 17.8 Å². The Hall–Kier alpha value is -3.13. The maximum Gasteiger partial charge on any atom is 0.332 e. The molecular weight excluding hydrogens is 384 g/mol. The molecule has 158 valence electrons. The first kappa shape index (κ1) is 20.2. The predicted molar refractivity (Wildman–Crippen MR) is 116 cm³/mol. The van der Waals surface area contributed by atoms with E-state index in [0.717, 1.165) is 37.4 Å². The van der Waals surface area contributed by atoms with E-state index in [-0.39, 0.29) is 17.4 Å². The standard InChI is InChI=1S/C22H26N4O4/c1-3-25-20-19(21(27)26(4-2)22(25)28)23-18(24-20)10-7-15-5-8-16(9-6-15)30-17-11-13-29-14-12-17/h5-10,17H,3-4,11-14H2,1-2H3,(H,23,24)/b10-7+. The van der Waals surface area contributed by atoms with E-state index in [4.69, 9.17) is 9.47 Å². The molecule has 1 aliphatic heterocycles. The topological polar surface area (TPSA) is 91.1 Å². The van der Waals surface area contributed by atoms with Gasteiger partial charge in [-0.25, -0.2) is 9.78 Å². The first-order valence-electron chi connectivity index (χ1n) is 10.4. The van der Waals surface area contributed by atoms with Crippen molar-refractivity contribution < 1.29 is 9.47 Å². The molecule has 8 heteroatoms. The molecule has 1 fully saturated rings. The van der Waals surface area contributed by atoms with Crippen LogP contribution in [0.2, 0.25) is 0 Å². The number of benzene rings is 1. The molecule has 0 aliphatic carbocycles. The van der Waals surface area contributed by atoms with Gasteiger partial charge in [0.25, 0.3) is 5.56 Å². The Balaban J connectivity index is 1.56. The number of aromatic amines is 1. The lowest BCUT2D eigenvalue weighted by Crippen LogP contribution is -2.39. The number of aromatic nitrogens is 4. The fourth-order valence-corrected chi connectivity index (χ4v) is 3.65. The molecule has 1 aromatic carbocycles. The van der Waals surface area contributed by atoms with Gasteiger partial charge < -0.3 is 14.5 Å². The average molecular weight is 410 g/mol. The summed E-state index contributed by atoms with van der Waals surface area (Å²) in [7, 11) is 0. The van der Waals surface area contributed by atoms with E-state index >= 15 is 0 Å². The highest BCUT2D eigenvalue weighted by molar-refractivity contribution is 5.75. The molecule has 0 bridgehead atoms. The van der Waals surface area contributed by atoms with Crippen LogP contribution in [0.25, 0.3) is 23.3 Å². The summed E-state index contributed by atoms with van der Waals surface area (Å²) in [4.78, 5) is 32.5. The lowest BCUT2D eigenvalue weighted by molar-refractivity contribution is 0.0256. The van der Waals surface area contributed by atoms with Crippen molar-refractivity contribution in [3.8, 4) is 5.75 Å². The van der Waals surface area contributed by atoms with Gasteiger partial charge in [-0.15, -0.1) is 0 Å². The Morgan fingerprint density at radius 3 is 2.47 bits per heavy atom. The molecule has 1 saturated heterocycles. The van der Waals surface area contributed by atoms with Crippen LogP contribution in [0.5, 0.6) is 5.75 Å². The number of hydrogen-bond acceptors (Lipinski definition) is 5. The minimum atomic E-state index is -0.344. The van der Waals surface area contributed by atoms with E-state index in [0.29, 0.717) is 30.1 Å². The third-order valence-electron chi connectivity index (χ3n) is 5.30. The summed E-state index contributed by atoms with van der Waals surface area (Å²) in [6.45, 7) is 5.90. The largest absolute Gasteiger partial charge is 0.490 e. The summed E-state index contributed by atoms with van der Waals surface area (Å²) in [5, 5.41) is 0. The molecule has 0 amide bonds. The molecule has 0 spiro atoms. The lowest BCUT2D eigenvalue weighted by atomic mass is 10.1. The second-order valence-electron chi connectivity index (χ2n) is 7.23. The van der Waals surface area contributed by atoms with Crippen molar-refractivity contribution in [2.75, 3.05) is 13.2 Å². The fraction of sp³-hybridized carbons (Fsp3) is 0.409. The number of aryl methyl sites for hydroxylation is 1. The van der Waals surface area contributed by atoms with E-state index in [1.807, 2.05) is 37.3 Å². The van der Waals surface area contributed by atoms with E-state index in [1.165, 1.54) is 9.13 Å². The summed E-state index contributed by atoms with van der Waals surface area (Å²) in [5.41, 5.74) is 1.03. The van der Waals surface area contributed by atoms with Crippen molar-refractivity contribution in [2.24, 2.45) is 0 Å². The normalized spacial score (nSPS) is 15.3. The molecule has 0 saturated carbocycles. The van der Waals surface area contributed by atoms with Gasteiger partial charge in [0.15, 0.2) is 5.65 Å². The smallest absolute Gasteiger partial charge is 0.332 e. The van der Waals surface area contributed by atoms with Crippen LogP contribution >= 0.6 is 0 Å². The van der Waals surface area contributed by atoms with Crippen molar-refractivity contribution in [3.63, 3.8) is 0 Å². The molecule has 3 aromatic rings. The van der Waals surface area contributed by atoms with Gasteiger partial charge in [0.1, 0.15) is 23.2 Å². The zero-order valence-electron chi connectivity index (χ0n) is 17.3. The second kappa shape index (κ2) is 8.71. The molecule has 2 aromatic heterocycles. The maximum atomic E-state index is 12.6. The number of ether oxygens (including phenoxy) is 2. The van der Waals surface area contributed by atoms with Gasteiger partial charge in [0.2, 0.25) is 0 Å². The Bertz CT molecular complexity index is 1160. The minimum absolute atomic E-state index is 0.207. The molecule has 3 heterocycles. The molecule has 1 N–H and O–H groups in total. The highest BCUT2D eigenvalue weighted by Crippen LogP contribution is 2.19. The zero-order valence-corrected chi connectivity index (χ0v) is 17.3. The number of rotatable bonds is 6. The summed E-state index contributed by atoms with van der Waals surface area (Å²) in [6, 6.07) is 7.84. The molecule has 0 atom stereocenters. The summed E-state index contributed by atoms with van der Waals surface area (Å²) in [6.07, 6.45) is 5.74. The summed E-state index contributed by atoms with van der Waals surface area (Å²) >= 11 is 0. The Kier molecular flexibility index (Phi) is 5.85. The molecule has 30 heavy (non-hydrogen) atoms. The maximum absolute atomic E-state index is 12.6.